The number of rotatable bonds is 4. The summed E-state index contributed by atoms with van der Waals surface area (Å²) in [4.78, 5) is 0. The molecule has 2 unspecified atom stereocenters. The van der Waals surface area contributed by atoms with Gasteiger partial charge in [0.05, 0.1) is 0 Å². The predicted octanol–water partition coefficient (Wildman–Crippen LogP) is 4.02. The number of aryl methyl sites for hydroxylation is 1. The van der Waals surface area contributed by atoms with E-state index >= 15 is 0 Å². The fraction of sp³-hybridized carbons (Fsp3) is 0.625. The lowest BCUT2D eigenvalue weighted by atomic mass is 9.79. The van der Waals surface area contributed by atoms with Gasteiger partial charge in [-0.2, -0.15) is 0 Å². The van der Waals surface area contributed by atoms with Crippen molar-refractivity contribution in [2.75, 3.05) is 6.54 Å². The molecule has 0 spiro atoms. The molecule has 0 heterocycles. The van der Waals surface area contributed by atoms with Gasteiger partial charge in [-0.3, -0.25) is 0 Å². The van der Waals surface area contributed by atoms with Gasteiger partial charge in [-0.25, -0.2) is 0 Å². The number of nitrogens with one attached hydrogen (secondary N) is 1. The molecule has 1 fully saturated rings. The minimum Gasteiger partial charge on any atom is -0.313 e. The monoisotopic (exact) mass is 231 g/mol. The topological polar surface area (TPSA) is 12.0 Å². The van der Waals surface area contributed by atoms with Crippen LogP contribution < -0.4 is 5.32 Å². The van der Waals surface area contributed by atoms with Crippen LogP contribution >= 0.6 is 0 Å². The highest BCUT2D eigenvalue weighted by Crippen LogP contribution is 2.33. The largest absolute Gasteiger partial charge is 0.313 e. The second kappa shape index (κ2) is 6.20. The summed E-state index contributed by atoms with van der Waals surface area (Å²) in [7, 11) is 0. The van der Waals surface area contributed by atoms with E-state index < -0.39 is 0 Å². The molecule has 1 N–H and O–H groups in total. The van der Waals surface area contributed by atoms with Gasteiger partial charge in [0, 0.05) is 6.04 Å². The van der Waals surface area contributed by atoms with Crippen molar-refractivity contribution in [1.29, 1.82) is 0 Å². The van der Waals surface area contributed by atoms with E-state index in [-0.39, 0.29) is 0 Å². The van der Waals surface area contributed by atoms with E-state index in [4.69, 9.17) is 0 Å². The van der Waals surface area contributed by atoms with Crippen molar-refractivity contribution in [3.8, 4) is 0 Å². The molecule has 0 aromatic heterocycles. The Bertz CT molecular complexity index is 345. The average Bonchev–Trinajstić information content (AvgIpc) is 2.37. The molecule has 0 radical (unpaired) electrons. The van der Waals surface area contributed by atoms with Crippen molar-refractivity contribution in [1.82, 2.24) is 5.32 Å². The Kier molecular flexibility index (Phi) is 4.61. The van der Waals surface area contributed by atoms with Crippen LogP contribution in [-0.4, -0.2) is 12.6 Å². The Hall–Kier alpha value is -0.820. The minimum absolute atomic E-state index is 0.700. The molecule has 1 heteroatoms. The Morgan fingerprint density at radius 3 is 2.82 bits per heavy atom. The van der Waals surface area contributed by atoms with Crippen LogP contribution in [0.15, 0.2) is 24.3 Å². The zero-order valence-corrected chi connectivity index (χ0v) is 11.2. The molecule has 17 heavy (non-hydrogen) atoms. The molecule has 1 aliphatic rings. The lowest BCUT2D eigenvalue weighted by Crippen LogP contribution is -2.37. The van der Waals surface area contributed by atoms with Gasteiger partial charge in [-0.05, 0) is 44.2 Å². The van der Waals surface area contributed by atoms with Crippen molar-refractivity contribution in [3.63, 3.8) is 0 Å². The van der Waals surface area contributed by atoms with Gasteiger partial charge in [0.1, 0.15) is 0 Å². The molecule has 1 aliphatic carbocycles. The van der Waals surface area contributed by atoms with E-state index in [1.807, 2.05) is 0 Å². The maximum Gasteiger partial charge on any atom is 0.0136 e. The van der Waals surface area contributed by atoms with Crippen molar-refractivity contribution < 1.29 is 0 Å². The molecule has 1 aromatic rings. The first-order valence-corrected chi connectivity index (χ1v) is 7.11. The third-order valence-corrected chi connectivity index (χ3v) is 3.89. The smallest absolute Gasteiger partial charge is 0.0136 e. The molecule has 1 aromatic carbocycles. The van der Waals surface area contributed by atoms with Gasteiger partial charge in [0.25, 0.3) is 0 Å². The SMILES string of the molecule is CCCNC1CCCCC1c1cccc(C)c1. The lowest BCUT2D eigenvalue weighted by Gasteiger charge is -2.33. The quantitative estimate of drug-likeness (QED) is 0.825. The summed E-state index contributed by atoms with van der Waals surface area (Å²) < 4.78 is 0. The second-order valence-corrected chi connectivity index (χ2v) is 5.37. The van der Waals surface area contributed by atoms with E-state index in [2.05, 4.69) is 43.4 Å². The fourth-order valence-electron chi connectivity index (χ4n) is 3.00. The number of hydrogen-bond acceptors (Lipinski definition) is 1. The first-order chi connectivity index (χ1) is 8.31. The summed E-state index contributed by atoms with van der Waals surface area (Å²) in [6.45, 7) is 5.60. The van der Waals surface area contributed by atoms with Gasteiger partial charge in [0.2, 0.25) is 0 Å². The maximum atomic E-state index is 3.74. The Balaban J connectivity index is 2.10. The summed E-state index contributed by atoms with van der Waals surface area (Å²) in [5.74, 6) is 0.732. The predicted molar refractivity (Wildman–Crippen MR) is 74.5 cm³/mol. The highest BCUT2D eigenvalue weighted by Gasteiger charge is 2.25. The Morgan fingerprint density at radius 1 is 1.24 bits per heavy atom. The van der Waals surface area contributed by atoms with Crippen LogP contribution in [0.2, 0.25) is 0 Å². The van der Waals surface area contributed by atoms with Crippen LogP contribution in [0.4, 0.5) is 0 Å². The van der Waals surface area contributed by atoms with Crippen molar-refractivity contribution in [2.24, 2.45) is 0 Å². The molecular formula is C16H25N. The third kappa shape index (κ3) is 3.32. The van der Waals surface area contributed by atoms with Crippen LogP contribution in [0, 0.1) is 6.92 Å². The molecule has 1 nitrogen and oxygen atoms in total. The molecule has 0 bridgehead atoms. The third-order valence-electron chi connectivity index (χ3n) is 3.89. The highest BCUT2D eigenvalue weighted by molar-refractivity contribution is 5.27. The molecule has 0 amide bonds. The second-order valence-electron chi connectivity index (χ2n) is 5.37. The van der Waals surface area contributed by atoms with Gasteiger partial charge >= 0.3 is 0 Å². The van der Waals surface area contributed by atoms with E-state index in [0.29, 0.717) is 6.04 Å². The zero-order valence-electron chi connectivity index (χ0n) is 11.2. The van der Waals surface area contributed by atoms with Crippen molar-refractivity contribution in [3.05, 3.63) is 35.4 Å². The summed E-state index contributed by atoms with van der Waals surface area (Å²) in [6, 6.07) is 9.78. The molecule has 94 valence electrons. The Labute approximate surface area is 106 Å². The highest BCUT2D eigenvalue weighted by atomic mass is 14.9. The van der Waals surface area contributed by atoms with E-state index in [9.17, 15) is 0 Å². The normalized spacial score (nSPS) is 24.8. The van der Waals surface area contributed by atoms with Crippen molar-refractivity contribution in [2.45, 2.75) is 57.9 Å². The van der Waals surface area contributed by atoms with E-state index in [0.717, 1.165) is 12.5 Å². The van der Waals surface area contributed by atoms with Gasteiger partial charge in [-0.1, -0.05) is 49.6 Å². The lowest BCUT2D eigenvalue weighted by molar-refractivity contribution is 0.328. The Morgan fingerprint density at radius 2 is 2.06 bits per heavy atom. The van der Waals surface area contributed by atoms with Crippen LogP contribution in [0.5, 0.6) is 0 Å². The molecule has 2 atom stereocenters. The van der Waals surface area contributed by atoms with E-state index in [1.54, 1.807) is 5.56 Å². The molecule has 1 saturated carbocycles. The average molecular weight is 231 g/mol. The molecule has 0 saturated heterocycles. The van der Waals surface area contributed by atoms with Gasteiger partial charge < -0.3 is 5.32 Å². The van der Waals surface area contributed by atoms with Crippen molar-refractivity contribution >= 4 is 0 Å². The summed E-state index contributed by atoms with van der Waals surface area (Å²) in [5.41, 5.74) is 2.93. The zero-order chi connectivity index (χ0) is 12.1. The summed E-state index contributed by atoms with van der Waals surface area (Å²) in [5, 5.41) is 3.74. The van der Waals surface area contributed by atoms with Crippen LogP contribution in [0.25, 0.3) is 0 Å². The van der Waals surface area contributed by atoms with Gasteiger partial charge in [0.15, 0.2) is 0 Å². The van der Waals surface area contributed by atoms with E-state index in [1.165, 1.54) is 37.7 Å². The van der Waals surface area contributed by atoms with Gasteiger partial charge in [-0.15, -0.1) is 0 Å². The summed E-state index contributed by atoms with van der Waals surface area (Å²) >= 11 is 0. The fourth-order valence-corrected chi connectivity index (χ4v) is 3.00. The first kappa shape index (κ1) is 12.6. The molecule has 0 aliphatic heterocycles. The number of benzene rings is 1. The van der Waals surface area contributed by atoms with Crippen LogP contribution in [0.1, 0.15) is 56.1 Å². The minimum atomic E-state index is 0.700. The first-order valence-electron chi connectivity index (χ1n) is 7.11. The standard InChI is InChI=1S/C16H25N/c1-3-11-17-16-10-5-4-9-15(16)14-8-6-7-13(2)12-14/h6-8,12,15-17H,3-5,9-11H2,1-2H3. The molecular weight excluding hydrogens is 206 g/mol. The maximum absolute atomic E-state index is 3.74. The van der Waals surface area contributed by atoms with Crippen LogP contribution in [-0.2, 0) is 0 Å². The summed E-state index contributed by atoms with van der Waals surface area (Å²) in [6.07, 6.45) is 6.72. The number of hydrogen-bond donors (Lipinski definition) is 1. The molecule has 2 rings (SSSR count). The van der Waals surface area contributed by atoms with Crippen LogP contribution in [0.3, 0.4) is 0 Å².